The van der Waals surface area contributed by atoms with E-state index in [4.69, 9.17) is 10.2 Å². The predicted octanol–water partition coefficient (Wildman–Crippen LogP) is 0.339. The molecule has 0 fully saturated rings. The van der Waals surface area contributed by atoms with Gasteiger partial charge >= 0.3 is 5.97 Å². The molecule has 0 heterocycles. The Kier molecular flexibility index (Phi) is 3.62. The van der Waals surface area contributed by atoms with E-state index in [-0.39, 0.29) is 6.42 Å². The van der Waals surface area contributed by atoms with Crippen LogP contribution in [0.1, 0.15) is 17.2 Å². The Bertz CT molecular complexity index is 322. The van der Waals surface area contributed by atoms with Gasteiger partial charge in [0.15, 0.2) is 0 Å². The number of benzene rings is 1. The zero-order valence-electron chi connectivity index (χ0n) is 7.55. The molecule has 1 atom stereocenters. The fourth-order valence-corrected chi connectivity index (χ4v) is 1.28. The molecular weight excluding hydrogens is 184 g/mol. The molecule has 3 N–H and O–H groups in total. The molecule has 76 valence electrons. The van der Waals surface area contributed by atoms with E-state index in [1.165, 1.54) is 0 Å². The van der Waals surface area contributed by atoms with Crippen LogP contribution >= 0.6 is 0 Å². The highest BCUT2D eigenvalue weighted by Crippen LogP contribution is 2.17. The molecule has 0 spiro atoms. The summed E-state index contributed by atoms with van der Waals surface area (Å²) in [6.45, 7) is -0.406. The SMILES string of the molecule is O=C(O)Cc1ccccc1C(O)CO. The molecule has 0 bridgehead atoms. The Morgan fingerprint density at radius 3 is 2.57 bits per heavy atom. The second-order valence-electron chi connectivity index (χ2n) is 2.97. The van der Waals surface area contributed by atoms with E-state index in [0.717, 1.165) is 0 Å². The molecule has 1 aromatic carbocycles. The van der Waals surface area contributed by atoms with Gasteiger partial charge in [0.1, 0.15) is 6.10 Å². The lowest BCUT2D eigenvalue weighted by molar-refractivity contribution is -0.136. The number of aliphatic carboxylic acids is 1. The maximum Gasteiger partial charge on any atom is 0.307 e. The van der Waals surface area contributed by atoms with E-state index in [0.29, 0.717) is 11.1 Å². The van der Waals surface area contributed by atoms with Crippen LogP contribution in [-0.2, 0) is 11.2 Å². The van der Waals surface area contributed by atoms with Gasteiger partial charge in [0.05, 0.1) is 13.0 Å². The first kappa shape index (κ1) is 10.7. The summed E-state index contributed by atoms with van der Waals surface area (Å²) in [5, 5.41) is 26.7. The summed E-state index contributed by atoms with van der Waals surface area (Å²) in [7, 11) is 0. The molecule has 0 aliphatic carbocycles. The summed E-state index contributed by atoms with van der Waals surface area (Å²) in [5.41, 5.74) is 0.999. The maximum absolute atomic E-state index is 10.5. The summed E-state index contributed by atoms with van der Waals surface area (Å²) in [6.07, 6.45) is -1.15. The monoisotopic (exact) mass is 196 g/mol. The van der Waals surface area contributed by atoms with Crippen molar-refractivity contribution < 1.29 is 20.1 Å². The second kappa shape index (κ2) is 4.74. The highest BCUT2D eigenvalue weighted by Gasteiger charge is 2.12. The third-order valence-electron chi connectivity index (χ3n) is 1.93. The van der Waals surface area contributed by atoms with E-state index >= 15 is 0 Å². The molecule has 0 saturated heterocycles. The van der Waals surface area contributed by atoms with Gasteiger partial charge in [-0.25, -0.2) is 0 Å². The molecule has 1 aromatic rings. The van der Waals surface area contributed by atoms with Crippen molar-refractivity contribution in [3.05, 3.63) is 35.4 Å². The second-order valence-corrected chi connectivity index (χ2v) is 2.97. The van der Waals surface area contributed by atoms with E-state index in [1.54, 1.807) is 24.3 Å². The molecule has 0 aliphatic heterocycles. The molecule has 4 heteroatoms. The van der Waals surface area contributed by atoms with Crippen LogP contribution in [0.2, 0.25) is 0 Å². The number of hydrogen-bond acceptors (Lipinski definition) is 3. The first-order valence-electron chi connectivity index (χ1n) is 4.23. The quantitative estimate of drug-likeness (QED) is 0.649. The van der Waals surface area contributed by atoms with Crippen LogP contribution in [0.5, 0.6) is 0 Å². The third kappa shape index (κ3) is 2.55. The lowest BCUT2D eigenvalue weighted by Crippen LogP contribution is -2.09. The fraction of sp³-hybridized carbons (Fsp3) is 0.300. The van der Waals surface area contributed by atoms with E-state index in [1.807, 2.05) is 0 Å². The Hall–Kier alpha value is -1.39. The topological polar surface area (TPSA) is 77.8 Å². The van der Waals surface area contributed by atoms with Crippen LogP contribution in [0, 0.1) is 0 Å². The van der Waals surface area contributed by atoms with Crippen molar-refractivity contribution in [3.8, 4) is 0 Å². The predicted molar refractivity (Wildman–Crippen MR) is 49.8 cm³/mol. The number of carbonyl (C=O) groups is 1. The normalized spacial score (nSPS) is 12.4. The molecule has 4 nitrogen and oxygen atoms in total. The summed E-state index contributed by atoms with van der Waals surface area (Å²) in [5.74, 6) is -0.956. The van der Waals surface area contributed by atoms with Gasteiger partial charge in [0.25, 0.3) is 0 Å². The average molecular weight is 196 g/mol. The lowest BCUT2D eigenvalue weighted by Gasteiger charge is -2.11. The minimum Gasteiger partial charge on any atom is -0.481 e. The first-order chi connectivity index (χ1) is 6.65. The zero-order chi connectivity index (χ0) is 10.6. The molecule has 0 radical (unpaired) electrons. The van der Waals surface area contributed by atoms with E-state index < -0.39 is 18.7 Å². The van der Waals surface area contributed by atoms with Gasteiger partial charge in [0.2, 0.25) is 0 Å². The average Bonchev–Trinajstić information content (AvgIpc) is 2.16. The lowest BCUT2D eigenvalue weighted by atomic mass is 10.0. The van der Waals surface area contributed by atoms with Gasteiger partial charge in [-0.15, -0.1) is 0 Å². The van der Waals surface area contributed by atoms with Gasteiger partial charge in [-0.3, -0.25) is 4.79 Å². The van der Waals surface area contributed by atoms with Gasteiger partial charge in [-0.1, -0.05) is 24.3 Å². The molecule has 0 aliphatic rings. The van der Waals surface area contributed by atoms with Crippen molar-refractivity contribution in [2.45, 2.75) is 12.5 Å². The maximum atomic E-state index is 10.5. The molecule has 1 unspecified atom stereocenters. The van der Waals surface area contributed by atoms with Gasteiger partial charge in [-0.05, 0) is 11.1 Å². The number of hydrogen-bond donors (Lipinski definition) is 3. The van der Waals surface area contributed by atoms with Crippen molar-refractivity contribution in [2.75, 3.05) is 6.61 Å². The van der Waals surface area contributed by atoms with Crippen molar-refractivity contribution in [3.63, 3.8) is 0 Å². The number of carboxylic acid groups (broad SMARTS) is 1. The van der Waals surface area contributed by atoms with Crippen LogP contribution in [-0.4, -0.2) is 27.9 Å². The Morgan fingerprint density at radius 2 is 2.00 bits per heavy atom. The Labute approximate surface area is 81.4 Å². The minimum absolute atomic E-state index is 0.146. The van der Waals surface area contributed by atoms with E-state index in [9.17, 15) is 9.90 Å². The van der Waals surface area contributed by atoms with Crippen molar-refractivity contribution in [1.29, 1.82) is 0 Å². The molecule has 0 saturated carbocycles. The van der Waals surface area contributed by atoms with E-state index in [2.05, 4.69) is 0 Å². The van der Waals surface area contributed by atoms with Crippen molar-refractivity contribution in [2.24, 2.45) is 0 Å². The van der Waals surface area contributed by atoms with Crippen LogP contribution in [0.15, 0.2) is 24.3 Å². The molecule has 0 aromatic heterocycles. The van der Waals surface area contributed by atoms with Crippen molar-refractivity contribution >= 4 is 5.97 Å². The molecule has 14 heavy (non-hydrogen) atoms. The van der Waals surface area contributed by atoms with Gasteiger partial charge in [0, 0.05) is 0 Å². The number of rotatable bonds is 4. The van der Waals surface area contributed by atoms with Crippen molar-refractivity contribution in [1.82, 2.24) is 0 Å². The highest BCUT2D eigenvalue weighted by atomic mass is 16.4. The minimum atomic E-state index is -1.01. The summed E-state index contributed by atoms with van der Waals surface area (Å²) in [4.78, 5) is 10.5. The smallest absolute Gasteiger partial charge is 0.307 e. The molecular formula is C10H12O4. The summed E-state index contributed by atoms with van der Waals surface area (Å²) >= 11 is 0. The highest BCUT2D eigenvalue weighted by molar-refractivity contribution is 5.70. The van der Waals surface area contributed by atoms with Gasteiger partial charge < -0.3 is 15.3 Å². The molecule has 0 amide bonds. The number of aliphatic hydroxyl groups is 2. The first-order valence-corrected chi connectivity index (χ1v) is 4.23. The molecule has 1 rings (SSSR count). The fourth-order valence-electron chi connectivity index (χ4n) is 1.28. The summed E-state index contributed by atoms with van der Waals surface area (Å²) < 4.78 is 0. The number of carboxylic acids is 1. The van der Waals surface area contributed by atoms with Crippen LogP contribution in [0.4, 0.5) is 0 Å². The standard InChI is InChI=1S/C10H12O4/c11-6-9(12)8-4-2-1-3-7(8)5-10(13)14/h1-4,9,11-12H,5-6H2,(H,13,14). The zero-order valence-corrected chi connectivity index (χ0v) is 7.55. The Morgan fingerprint density at radius 1 is 1.36 bits per heavy atom. The third-order valence-corrected chi connectivity index (χ3v) is 1.93. The number of aliphatic hydroxyl groups excluding tert-OH is 2. The summed E-state index contributed by atoms with van der Waals surface area (Å²) in [6, 6.07) is 6.63. The van der Waals surface area contributed by atoms with Crippen LogP contribution in [0.25, 0.3) is 0 Å². The van der Waals surface area contributed by atoms with Crippen LogP contribution < -0.4 is 0 Å². The largest absolute Gasteiger partial charge is 0.481 e. The Balaban J connectivity index is 2.96. The van der Waals surface area contributed by atoms with Crippen LogP contribution in [0.3, 0.4) is 0 Å². The van der Waals surface area contributed by atoms with Gasteiger partial charge in [-0.2, -0.15) is 0 Å².